The fourth-order valence-corrected chi connectivity index (χ4v) is 2.50. The number of aromatic nitrogens is 1. The van der Waals surface area contributed by atoms with Crippen molar-refractivity contribution in [1.29, 1.82) is 0 Å². The quantitative estimate of drug-likeness (QED) is 0.901. The van der Waals surface area contributed by atoms with Gasteiger partial charge in [0.25, 0.3) is 0 Å². The molecule has 0 aliphatic carbocycles. The summed E-state index contributed by atoms with van der Waals surface area (Å²) in [5.74, 6) is 0.656. The first-order valence-corrected chi connectivity index (χ1v) is 6.29. The first-order chi connectivity index (χ1) is 8.20. The number of anilines is 1. The molecule has 5 heteroatoms. The summed E-state index contributed by atoms with van der Waals surface area (Å²) in [5, 5.41) is 3.51. The average Bonchev–Trinajstić information content (AvgIpc) is 2.29. The highest BCUT2D eigenvalue weighted by atomic mass is 35.5. The van der Waals surface area contributed by atoms with Crippen LogP contribution in [0.5, 0.6) is 0 Å². The standard InChI is InChI=1S/C12H17ClFN3/c1-15-6-9-3-2-4-17(8-9)12-11(14)5-10(13)7-16-12/h5,7,9,15H,2-4,6,8H2,1H3. The fourth-order valence-electron chi connectivity index (χ4n) is 2.35. The lowest BCUT2D eigenvalue weighted by Crippen LogP contribution is -2.39. The second kappa shape index (κ2) is 5.65. The highest BCUT2D eigenvalue weighted by molar-refractivity contribution is 6.30. The lowest BCUT2D eigenvalue weighted by Gasteiger charge is -2.33. The van der Waals surface area contributed by atoms with E-state index >= 15 is 0 Å². The van der Waals surface area contributed by atoms with Crippen molar-refractivity contribution in [2.45, 2.75) is 12.8 Å². The van der Waals surface area contributed by atoms with Gasteiger partial charge in [-0.3, -0.25) is 0 Å². The van der Waals surface area contributed by atoms with Crippen molar-refractivity contribution in [3.05, 3.63) is 23.1 Å². The van der Waals surface area contributed by atoms with Gasteiger partial charge in [-0.25, -0.2) is 9.37 Å². The van der Waals surface area contributed by atoms with Crippen LogP contribution in [0.2, 0.25) is 5.02 Å². The smallest absolute Gasteiger partial charge is 0.167 e. The maximum atomic E-state index is 13.7. The molecule has 0 radical (unpaired) electrons. The summed E-state index contributed by atoms with van der Waals surface area (Å²) < 4.78 is 13.7. The molecule has 0 bridgehead atoms. The van der Waals surface area contributed by atoms with Crippen LogP contribution in [-0.4, -0.2) is 31.7 Å². The Kier molecular flexibility index (Phi) is 4.18. The van der Waals surface area contributed by atoms with Crippen LogP contribution in [0.15, 0.2) is 12.3 Å². The molecule has 0 aromatic carbocycles. The molecule has 0 spiro atoms. The third kappa shape index (κ3) is 3.07. The Balaban J connectivity index is 2.10. The maximum absolute atomic E-state index is 13.7. The lowest BCUT2D eigenvalue weighted by atomic mass is 9.98. The molecule has 94 valence electrons. The molecule has 1 aromatic rings. The third-order valence-electron chi connectivity index (χ3n) is 3.10. The number of halogens is 2. The van der Waals surface area contributed by atoms with Crippen LogP contribution in [-0.2, 0) is 0 Å². The summed E-state index contributed by atoms with van der Waals surface area (Å²) >= 11 is 5.70. The normalized spacial score (nSPS) is 20.6. The predicted molar refractivity (Wildman–Crippen MR) is 68.1 cm³/mol. The van der Waals surface area contributed by atoms with Gasteiger partial charge < -0.3 is 10.2 Å². The molecule has 2 heterocycles. The fraction of sp³-hybridized carbons (Fsp3) is 0.583. The van der Waals surface area contributed by atoms with E-state index in [4.69, 9.17) is 11.6 Å². The summed E-state index contributed by atoms with van der Waals surface area (Å²) in [4.78, 5) is 6.11. The average molecular weight is 258 g/mol. The zero-order chi connectivity index (χ0) is 12.3. The zero-order valence-electron chi connectivity index (χ0n) is 9.92. The number of nitrogens with zero attached hydrogens (tertiary/aromatic N) is 2. The number of nitrogens with one attached hydrogen (secondary N) is 1. The van der Waals surface area contributed by atoms with Crippen molar-refractivity contribution < 1.29 is 4.39 Å². The minimum atomic E-state index is -0.331. The van der Waals surface area contributed by atoms with Gasteiger partial charge >= 0.3 is 0 Å². The first kappa shape index (κ1) is 12.6. The van der Waals surface area contributed by atoms with Crippen LogP contribution in [0.4, 0.5) is 10.2 Å². The Hall–Kier alpha value is -0.870. The molecule has 1 aromatic heterocycles. The van der Waals surface area contributed by atoms with E-state index in [-0.39, 0.29) is 5.82 Å². The van der Waals surface area contributed by atoms with Crippen molar-refractivity contribution in [2.24, 2.45) is 5.92 Å². The van der Waals surface area contributed by atoms with E-state index in [1.165, 1.54) is 18.7 Å². The van der Waals surface area contributed by atoms with Gasteiger partial charge in [-0.1, -0.05) is 11.6 Å². The van der Waals surface area contributed by atoms with Crippen molar-refractivity contribution in [1.82, 2.24) is 10.3 Å². The lowest BCUT2D eigenvalue weighted by molar-refractivity contribution is 0.398. The van der Waals surface area contributed by atoms with Gasteiger partial charge in [-0.2, -0.15) is 0 Å². The van der Waals surface area contributed by atoms with Crippen molar-refractivity contribution in [2.75, 3.05) is 31.6 Å². The topological polar surface area (TPSA) is 28.2 Å². The largest absolute Gasteiger partial charge is 0.354 e. The van der Waals surface area contributed by atoms with Crippen LogP contribution in [0.25, 0.3) is 0 Å². The van der Waals surface area contributed by atoms with Crippen LogP contribution in [0.1, 0.15) is 12.8 Å². The van der Waals surface area contributed by atoms with Gasteiger partial charge in [0.05, 0.1) is 5.02 Å². The molecule has 3 nitrogen and oxygen atoms in total. The minimum Gasteiger partial charge on any atom is -0.354 e. The molecule has 1 saturated heterocycles. The molecule has 1 N–H and O–H groups in total. The van der Waals surface area contributed by atoms with E-state index in [1.54, 1.807) is 0 Å². The molecular weight excluding hydrogens is 241 g/mol. The summed E-state index contributed by atoms with van der Waals surface area (Å²) in [6, 6.07) is 1.32. The molecule has 1 atom stereocenters. The van der Waals surface area contributed by atoms with E-state index in [9.17, 15) is 4.39 Å². The monoisotopic (exact) mass is 257 g/mol. The Morgan fingerprint density at radius 3 is 3.18 bits per heavy atom. The Bertz CT molecular complexity index is 384. The van der Waals surface area contributed by atoms with Crippen LogP contribution < -0.4 is 10.2 Å². The summed E-state index contributed by atoms with van der Waals surface area (Å²) in [5.41, 5.74) is 0. The number of hydrogen-bond acceptors (Lipinski definition) is 3. The third-order valence-corrected chi connectivity index (χ3v) is 3.31. The number of piperidine rings is 1. The number of rotatable bonds is 3. The van der Waals surface area contributed by atoms with Crippen molar-refractivity contribution >= 4 is 17.4 Å². The molecule has 17 heavy (non-hydrogen) atoms. The summed E-state index contributed by atoms with van der Waals surface area (Å²) in [6.07, 6.45) is 3.77. The minimum absolute atomic E-state index is 0.331. The molecule has 0 saturated carbocycles. The van der Waals surface area contributed by atoms with E-state index in [2.05, 4.69) is 10.3 Å². The highest BCUT2D eigenvalue weighted by Gasteiger charge is 2.22. The second-order valence-electron chi connectivity index (χ2n) is 4.47. The van der Waals surface area contributed by atoms with Gasteiger partial charge in [-0.05, 0) is 38.4 Å². The van der Waals surface area contributed by atoms with Gasteiger partial charge in [0.2, 0.25) is 0 Å². The Morgan fingerprint density at radius 1 is 1.65 bits per heavy atom. The Morgan fingerprint density at radius 2 is 2.47 bits per heavy atom. The van der Waals surface area contributed by atoms with E-state index in [1.807, 2.05) is 11.9 Å². The Labute approximate surface area is 106 Å². The van der Waals surface area contributed by atoms with Gasteiger partial charge in [0.1, 0.15) is 0 Å². The van der Waals surface area contributed by atoms with Gasteiger partial charge in [-0.15, -0.1) is 0 Å². The maximum Gasteiger partial charge on any atom is 0.167 e. The molecule has 0 amide bonds. The molecule has 1 unspecified atom stereocenters. The summed E-state index contributed by atoms with van der Waals surface area (Å²) in [7, 11) is 1.94. The number of hydrogen-bond donors (Lipinski definition) is 1. The van der Waals surface area contributed by atoms with Crippen molar-refractivity contribution in [3.8, 4) is 0 Å². The van der Waals surface area contributed by atoms with Crippen LogP contribution in [0, 0.1) is 11.7 Å². The van der Waals surface area contributed by atoms with Crippen LogP contribution in [0.3, 0.4) is 0 Å². The van der Waals surface area contributed by atoms with E-state index < -0.39 is 0 Å². The van der Waals surface area contributed by atoms with Crippen molar-refractivity contribution in [3.63, 3.8) is 0 Å². The molecule has 1 fully saturated rings. The molecular formula is C12H17ClFN3. The van der Waals surface area contributed by atoms with Crippen LogP contribution >= 0.6 is 11.6 Å². The van der Waals surface area contributed by atoms with Gasteiger partial charge in [0, 0.05) is 19.3 Å². The molecule has 1 aliphatic rings. The number of pyridine rings is 1. The van der Waals surface area contributed by atoms with E-state index in [0.717, 1.165) is 26.1 Å². The van der Waals surface area contributed by atoms with E-state index in [0.29, 0.717) is 16.8 Å². The zero-order valence-corrected chi connectivity index (χ0v) is 10.7. The van der Waals surface area contributed by atoms with Gasteiger partial charge in [0.15, 0.2) is 11.6 Å². The SMILES string of the molecule is CNCC1CCCN(c2ncc(Cl)cc2F)C1. The molecule has 2 rings (SSSR count). The summed E-state index contributed by atoms with van der Waals surface area (Å²) in [6.45, 7) is 2.68. The second-order valence-corrected chi connectivity index (χ2v) is 4.91. The first-order valence-electron chi connectivity index (χ1n) is 5.91. The highest BCUT2D eigenvalue weighted by Crippen LogP contribution is 2.24. The molecule has 1 aliphatic heterocycles. The predicted octanol–water partition coefficient (Wildman–Crippen LogP) is 2.31.